The number of nitrogens with zero attached hydrogens (tertiary/aromatic N) is 2. The van der Waals surface area contributed by atoms with Crippen LogP contribution in [0.15, 0.2) is 65.1 Å². The number of rotatable bonds is 7. The summed E-state index contributed by atoms with van der Waals surface area (Å²) in [5.41, 5.74) is 1.95. The largest absolute Gasteiger partial charge is 0.497 e. The molecule has 1 aliphatic rings. The zero-order chi connectivity index (χ0) is 24.8. The summed E-state index contributed by atoms with van der Waals surface area (Å²) in [6.07, 6.45) is 6.07. The maximum Gasteiger partial charge on any atom is 0.416 e. The fourth-order valence-electron chi connectivity index (χ4n) is 4.31. The van der Waals surface area contributed by atoms with Gasteiger partial charge in [-0.25, -0.2) is 9.78 Å². The van der Waals surface area contributed by atoms with Crippen molar-refractivity contribution in [2.24, 2.45) is 0 Å². The van der Waals surface area contributed by atoms with Gasteiger partial charge in [0, 0.05) is 19.4 Å². The van der Waals surface area contributed by atoms with E-state index in [0.717, 1.165) is 29.2 Å². The molecule has 2 heterocycles. The molecule has 0 fully saturated rings. The summed E-state index contributed by atoms with van der Waals surface area (Å²) in [5, 5.41) is 0. The van der Waals surface area contributed by atoms with Crippen LogP contribution in [0.4, 0.5) is 4.79 Å². The van der Waals surface area contributed by atoms with Gasteiger partial charge in [-0.15, -0.1) is 0 Å². The molecule has 35 heavy (non-hydrogen) atoms. The van der Waals surface area contributed by atoms with Gasteiger partial charge in [-0.2, -0.15) is 0 Å². The third-order valence-corrected chi connectivity index (χ3v) is 6.16. The average Bonchev–Trinajstić information content (AvgIpc) is 3.05. The lowest BCUT2D eigenvalue weighted by molar-refractivity contribution is 0.111. The molecule has 0 radical (unpaired) electrons. The SMILES string of the molecule is COc1ccc(OC(=O)N2C(C)CC=CCC2c2ccc(OCCc3nc(C)oc3C)cc2)cc1. The zero-order valence-electron chi connectivity index (χ0n) is 20.7. The molecule has 2 unspecified atom stereocenters. The van der Waals surface area contributed by atoms with Gasteiger partial charge in [-0.3, -0.25) is 4.90 Å². The van der Waals surface area contributed by atoms with Crippen molar-refractivity contribution in [3.8, 4) is 17.2 Å². The van der Waals surface area contributed by atoms with E-state index >= 15 is 0 Å². The van der Waals surface area contributed by atoms with Crippen LogP contribution in [0.3, 0.4) is 0 Å². The second-order valence-corrected chi connectivity index (χ2v) is 8.66. The van der Waals surface area contributed by atoms with Crippen molar-refractivity contribution < 1.29 is 23.4 Å². The Morgan fingerprint density at radius 3 is 2.31 bits per heavy atom. The fraction of sp³-hybridized carbons (Fsp3) is 0.357. The first-order valence-electron chi connectivity index (χ1n) is 11.9. The van der Waals surface area contributed by atoms with Crippen LogP contribution in [0, 0.1) is 13.8 Å². The topological polar surface area (TPSA) is 74.0 Å². The van der Waals surface area contributed by atoms with Crippen molar-refractivity contribution >= 4 is 6.09 Å². The second-order valence-electron chi connectivity index (χ2n) is 8.66. The highest BCUT2D eigenvalue weighted by Gasteiger charge is 2.31. The molecule has 1 aromatic heterocycles. The highest BCUT2D eigenvalue weighted by Crippen LogP contribution is 2.32. The van der Waals surface area contributed by atoms with Gasteiger partial charge >= 0.3 is 6.09 Å². The van der Waals surface area contributed by atoms with Crippen LogP contribution in [0.5, 0.6) is 17.2 Å². The smallest absolute Gasteiger partial charge is 0.416 e. The molecule has 4 rings (SSSR count). The molecule has 1 aliphatic heterocycles. The van der Waals surface area contributed by atoms with E-state index < -0.39 is 0 Å². The number of amides is 1. The Bertz CT molecular complexity index is 1150. The number of hydrogen-bond acceptors (Lipinski definition) is 6. The standard InChI is InChI=1S/C28H32N2O5/c1-19-7-5-6-8-27(30(19)28(31)35-25-15-13-23(32-4)14-16-25)22-9-11-24(12-10-22)33-18-17-26-20(2)34-21(3)29-26/h5-6,9-16,19,27H,7-8,17-18H2,1-4H3. The van der Waals surface area contributed by atoms with Gasteiger partial charge in [0.1, 0.15) is 23.0 Å². The van der Waals surface area contributed by atoms with Crippen molar-refractivity contribution in [1.29, 1.82) is 0 Å². The Hall–Kier alpha value is -3.74. The van der Waals surface area contributed by atoms with Gasteiger partial charge in [0.2, 0.25) is 0 Å². The summed E-state index contributed by atoms with van der Waals surface area (Å²) in [6, 6.07) is 14.8. The monoisotopic (exact) mass is 476 g/mol. The van der Waals surface area contributed by atoms with Gasteiger partial charge < -0.3 is 18.6 Å². The van der Waals surface area contributed by atoms with E-state index in [-0.39, 0.29) is 18.2 Å². The molecule has 0 saturated heterocycles. The van der Waals surface area contributed by atoms with Crippen LogP contribution in [-0.2, 0) is 6.42 Å². The summed E-state index contributed by atoms with van der Waals surface area (Å²) >= 11 is 0. The number of aromatic nitrogens is 1. The molecule has 0 bridgehead atoms. The Morgan fingerprint density at radius 2 is 1.66 bits per heavy atom. The summed E-state index contributed by atoms with van der Waals surface area (Å²) in [7, 11) is 1.60. The number of aryl methyl sites for hydroxylation is 2. The number of hydrogen-bond donors (Lipinski definition) is 0. The van der Waals surface area contributed by atoms with Gasteiger partial charge in [-0.1, -0.05) is 24.3 Å². The molecule has 7 heteroatoms. The molecular weight excluding hydrogens is 444 g/mol. The van der Waals surface area contributed by atoms with E-state index in [0.29, 0.717) is 36.8 Å². The van der Waals surface area contributed by atoms with Crippen LogP contribution < -0.4 is 14.2 Å². The first-order chi connectivity index (χ1) is 16.9. The van der Waals surface area contributed by atoms with Gasteiger partial charge in [-0.05, 0) is 68.7 Å². The molecule has 2 aromatic carbocycles. The predicted molar refractivity (Wildman–Crippen MR) is 133 cm³/mol. The molecule has 184 valence electrons. The van der Waals surface area contributed by atoms with E-state index in [1.807, 2.05) is 49.9 Å². The Kier molecular flexibility index (Phi) is 7.75. The number of ether oxygens (including phenoxy) is 3. The summed E-state index contributed by atoms with van der Waals surface area (Å²) in [6.45, 7) is 6.31. The lowest BCUT2D eigenvalue weighted by atomic mass is 10.0. The molecule has 0 N–H and O–H groups in total. The average molecular weight is 477 g/mol. The second kappa shape index (κ2) is 11.1. The van der Waals surface area contributed by atoms with E-state index in [1.165, 1.54) is 0 Å². The van der Waals surface area contributed by atoms with Crippen LogP contribution in [-0.4, -0.2) is 35.7 Å². The minimum atomic E-state index is -0.366. The number of methoxy groups -OCH3 is 1. The van der Waals surface area contributed by atoms with Crippen LogP contribution in [0.2, 0.25) is 0 Å². The molecule has 3 aromatic rings. The molecule has 0 saturated carbocycles. The number of oxazole rings is 1. The van der Waals surface area contributed by atoms with Crippen molar-refractivity contribution in [2.45, 2.75) is 52.1 Å². The number of carbonyl (C=O) groups excluding carboxylic acids is 1. The maximum absolute atomic E-state index is 13.2. The minimum absolute atomic E-state index is 0.00502. The van der Waals surface area contributed by atoms with Gasteiger partial charge in [0.05, 0.1) is 25.5 Å². The van der Waals surface area contributed by atoms with Gasteiger partial charge in [0.25, 0.3) is 0 Å². The number of benzene rings is 2. The molecule has 1 amide bonds. The normalized spacial score (nSPS) is 17.7. The van der Waals surface area contributed by atoms with Crippen molar-refractivity contribution in [1.82, 2.24) is 9.88 Å². The molecule has 7 nitrogen and oxygen atoms in total. The summed E-state index contributed by atoms with van der Waals surface area (Å²) in [4.78, 5) is 19.5. The van der Waals surface area contributed by atoms with Crippen LogP contribution in [0.25, 0.3) is 0 Å². The molecular formula is C28H32N2O5. The molecule has 2 atom stereocenters. The molecule has 0 aliphatic carbocycles. The third-order valence-electron chi connectivity index (χ3n) is 6.16. The van der Waals surface area contributed by atoms with E-state index in [4.69, 9.17) is 18.6 Å². The first kappa shape index (κ1) is 24.4. The Labute approximate surface area is 206 Å². The van der Waals surface area contributed by atoms with Gasteiger partial charge in [0.15, 0.2) is 5.89 Å². The zero-order valence-corrected chi connectivity index (χ0v) is 20.7. The van der Waals surface area contributed by atoms with Crippen molar-refractivity contribution in [3.63, 3.8) is 0 Å². The fourth-order valence-corrected chi connectivity index (χ4v) is 4.31. The van der Waals surface area contributed by atoms with E-state index in [2.05, 4.69) is 17.1 Å². The first-order valence-corrected chi connectivity index (χ1v) is 11.9. The predicted octanol–water partition coefficient (Wildman–Crippen LogP) is 6.20. The van der Waals surface area contributed by atoms with Crippen LogP contribution >= 0.6 is 0 Å². The number of carbonyl (C=O) groups is 1. The summed E-state index contributed by atoms with van der Waals surface area (Å²) < 4.78 is 22.3. The van der Waals surface area contributed by atoms with Crippen molar-refractivity contribution in [2.75, 3.05) is 13.7 Å². The van der Waals surface area contributed by atoms with E-state index in [1.54, 1.807) is 31.4 Å². The summed E-state index contributed by atoms with van der Waals surface area (Å²) in [5.74, 6) is 3.47. The highest BCUT2D eigenvalue weighted by atomic mass is 16.6. The Balaban J connectivity index is 1.43. The Morgan fingerprint density at radius 1 is 1.00 bits per heavy atom. The quantitative estimate of drug-likeness (QED) is 0.378. The van der Waals surface area contributed by atoms with Crippen LogP contribution in [0.1, 0.15) is 48.7 Å². The van der Waals surface area contributed by atoms with E-state index in [9.17, 15) is 4.79 Å². The van der Waals surface area contributed by atoms with Crippen molar-refractivity contribution in [3.05, 3.63) is 83.6 Å². The lowest BCUT2D eigenvalue weighted by Gasteiger charge is -2.34. The highest BCUT2D eigenvalue weighted by molar-refractivity contribution is 5.72. The third kappa shape index (κ3) is 6.04. The maximum atomic E-state index is 13.2. The minimum Gasteiger partial charge on any atom is -0.497 e. The lowest BCUT2D eigenvalue weighted by Crippen LogP contribution is -2.42. The molecule has 0 spiro atoms.